The van der Waals surface area contributed by atoms with Crippen molar-refractivity contribution in [1.82, 2.24) is 25.2 Å². The summed E-state index contributed by atoms with van der Waals surface area (Å²) in [6, 6.07) is 0.514. The molecule has 2 heterocycles. The minimum Gasteiger partial charge on any atom is -0.310 e. The molecule has 0 aliphatic heterocycles. The Bertz CT molecular complexity index is 704. The Morgan fingerprint density at radius 2 is 2.24 bits per heavy atom. The van der Waals surface area contributed by atoms with E-state index in [-0.39, 0.29) is 11.6 Å². The molecular weight excluding hydrogens is 310 g/mol. The number of sulfonamides is 1. The van der Waals surface area contributed by atoms with E-state index in [1.165, 1.54) is 11.3 Å². The maximum Gasteiger partial charge on any atom is 0.260 e. The first-order chi connectivity index (χ1) is 10.1. The smallest absolute Gasteiger partial charge is 0.260 e. The van der Waals surface area contributed by atoms with Gasteiger partial charge in [0.15, 0.2) is 5.03 Å². The summed E-state index contributed by atoms with van der Waals surface area (Å²) in [5.74, 6) is 0. The van der Waals surface area contributed by atoms with Gasteiger partial charge in [-0.05, 0) is 19.8 Å². The Labute approximate surface area is 127 Å². The van der Waals surface area contributed by atoms with Crippen molar-refractivity contribution in [3.63, 3.8) is 0 Å². The molecule has 21 heavy (non-hydrogen) atoms. The Morgan fingerprint density at radius 3 is 2.90 bits per heavy atom. The van der Waals surface area contributed by atoms with E-state index in [2.05, 4.69) is 25.2 Å². The van der Waals surface area contributed by atoms with Crippen LogP contribution in [0.5, 0.6) is 0 Å². The minimum atomic E-state index is -3.63. The van der Waals surface area contributed by atoms with Crippen LogP contribution >= 0.6 is 11.3 Å². The standard InChI is InChI=1S/C12H17N5O2S2/c1-8-11(6-14-9-2-3-9)12(17-16-8)21(18,19)15-5-10-4-13-7-20-10/h4,7,9,14-15H,2-3,5-6H2,1H3,(H,16,17). The summed E-state index contributed by atoms with van der Waals surface area (Å²) in [6.45, 7) is 2.58. The van der Waals surface area contributed by atoms with Gasteiger partial charge in [-0.1, -0.05) is 0 Å². The summed E-state index contributed by atoms with van der Waals surface area (Å²) >= 11 is 1.41. The van der Waals surface area contributed by atoms with E-state index in [4.69, 9.17) is 0 Å². The summed E-state index contributed by atoms with van der Waals surface area (Å²) in [5, 5.41) is 10.1. The number of nitrogens with zero attached hydrogens (tertiary/aromatic N) is 2. The number of H-pyrrole nitrogens is 1. The largest absolute Gasteiger partial charge is 0.310 e. The van der Waals surface area contributed by atoms with Gasteiger partial charge in [-0.2, -0.15) is 5.10 Å². The van der Waals surface area contributed by atoms with Crippen molar-refractivity contribution in [3.8, 4) is 0 Å². The van der Waals surface area contributed by atoms with Gasteiger partial charge in [0, 0.05) is 41.5 Å². The quantitative estimate of drug-likeness (QED) is 0.702. The number of aryl methyl sites for hydroxylation is 1. The van der Waals surface area contributed by atoms with Crippen LogP contribution in [0.4, 0.5) is 0 Å². The molecule has 0 saturated heterocycles. The molecule has 0 unspecified atom stereocenters. The van der Waals surface area contributed by atoms with Crippen LogP contribution in [-0.2, 0) is 23.1 Å². The van der Waals surface area contributed by atoms with Crippen LogP contribution in [0, 0.1) is 6.92 Å². The molecule has 0 aromatic carbocycles. The van der Waals surface area contributed by atoms with Crippen molar-refractivity contribution >= 4 is 21.4 Å². The van der Waals surface area contributed by atoms with Crippen LogP contribution in [0.2, 0.25) is 0 Å². The van der Waals surface area contributed by atoms with Crippen LogP contribution in [0.25, 0.3) is 0 Å². The van der Waals surface area contributed by atoms with E-state index in [9.17, 15) is 8.42 Å². The number of hydrogen-bond acceptors (Lipinski definition) is 6. The van der Waals surface area contributed by atoms with Gasteiger partial charge in [-0.3, -0.25) is 10.1 Å². The lowest BCUT2D eigenvalue weighted by atomic mass is 10.2. The summed E-state index contributed by atoms with van der Waals surface area (Å²) in [4.78, 5) is 4.79. The molecule has 0 amide bonds. The number of hydrogen-bond donors (Lipinski definition) is 3. The molecule has 7 nitrogen and oxygen atoms in total. The highest BCUT2D eigenvalue weighted by molar-refractivity contribution is 7.89. The van der Waals surface area contributed by atoms with Gasteiger partial charge in [0.1, 0.15) is 0 Å². The molecule has 3 rings (SSSR count). The molecule has 0 bridgehead atoms. The molecule has 0 radical (unpaired) electrons. The summed E-state index contributed by atoms with van der Waals surface area (Å²) < 4.78 is 27.3. The van der Waals surface area contributed by atoms with Crippen molar-refractivity contribution in [3.05, 3.63) is 27.8 Å². The fourth-order valence-electron chi connectivity index (χ4n) is 1.96. The van der Waals surface area contributed by atoms with Crippen molar-refractivity contribution in [1.29, 1.82) is 0 Å². The first kappa shape index (κ1) is 14.6. The third-order valence-electron chi connectivity index (χ3n) is 3.36. The number of thiazole rings is 1. The average molecular weight is 327 g/mol. The van der Waals surface area contributed by atoms with E-state index in [0.29, 0.717) is 18.2 Å². The zero-order valence-corrected chi connectivity index (χ0v) is 13.2. The monoisotopic (exact) mass is 327 g/mol. The average Bonchev–Trinajstić information content (AvgIpc) is 2.98. The lowest BCUT2D eigenvalue weighted by Crippen LogP contribution is -2.25. The topological polar surface area (TPSA) is 99.8 Å². The van der Waals surface area contributed by atoms with Gasteiger partial charge >= 0.3 is 0 Å². The molecule has 114 valence electrons. The molecule has 2 aromatic heterocycles. The fraction of sp³-hybridized carbons (Fsp3) is 0.500. The van der Waals surface area contributed by atoms with Gasteiger partial charge in [-0.15, -0.1) is 11.3 Å². The first-order valence-electron chi connectivity index (χ1n) is 6.70. The first-order valence-corrected chi connectivity index (χ1v) is 9.07. The van der Waals surface area contributed by atoms with E-state index >= 15 is 0 Å². The summed E-state index contributed by atoms with van der Waals surface area (Å²) in [6.07, 6.45) is 3.96. The minimum absolute atomic E-state index is 0.0812. The third kappa shape index (κ3) is 3.49. The van der Waals surface area contributed by atoms with Crippen molar-refractivity contribution in [2.75, 3.05) is 0 Å². The van der Waals surface area contributed by atoms with E-state index < -0.39 is 10.0 Å². The summed E-state index contributed by atoms with van der Waals surface area (Å²) in [7, 11) is -3.63. The number of aromatic amines is 1. The molecule has 1 fully saturated rings. The zero-order chi connectivity index (χ0) is 14.9. The maximum absolute atomic E-state index is 12.4. The molecule has 1 saturated carbocycles. The van der Waals surface area contributed by atoms with Gasteiger partial charge in [0.25, 0.3) is 10.0 Å². The van der Waals surface area contributed by atoms with Gasteiger partial charge in [-0.25, -0.2) is 13.1 Å². The maximum atomic E-state index is 12.4. The number of rotatable bonds is 7. The predicted octanol–water partition coefficient (Wildman–Crippen LogP) is 0.905. The van der Waals surface area contributed by atoms with Gasteiger partial charge in [0.05, 0.1) is 5.51 Å². The second kappa shape index (κ2) is 5.84. The summed E-state index contributed by atoms with van der Waals surface area (Å²) in [5.41, 5.74) is 3.16. The predicted molar refractivity (Wildman–Crippen MR) is 79.3 cm³/mol. The lowest BCUT2D eigenvalue weighted by molar-refractivity contribution is 0.574. The Balaban J connectivity index is 1.74. The Kier molecular flexibility index (Phi) is 4.07. The molecule has 0 spiro atoms. The third-order valence-corrected chi connectivity index (χ3v) is 5.51. The second-order valence-electron chi connectivity index (χ2n) is 5.08. The molecule has 9 heteroatoms. The van der Waals surface area contributed by atoms with E-state index in [1.54, 1.807) is 11.7 Å². The van der Waals surface area contributed by atoms with Crippen LogP contribution in [0.15, 0.2) is 16.7 Å². The molecular formula is C12H17N5O2S2. The highest BCUT2D eigenvalue weighted by Crippen LogP contribution is 2.22. The van der Waals surface area contributed by atoms with Crippen molar-refractivity contribution in [2.45, 2.75) is 43.9 Å². The molecule has 2 aromatic rings. The zero-order valence-electron chi connectivity index (χ0n) is 11.6. The van der Waals surface area contributed by atoms with Crippen LogP contribution in [0.3, 0.4) is 0 Å². The van der Waals surface area contributed by atoms with E-state index in [1.807, 2.05) is 6.92 Å². The molecule has 3 N–H and O–H groups in total. The number of nitrogens with one attached hydrogen (secondary N) is 3. The highest BCUT2D eigenvalue weighted by Gasteiger charge is 2.26. The van der Waals surface area contributed by atoms with Crippen molar-refractivity contribution < 1.29 is 8.42 Å². The molecule has 0 atom stereocenters. The molecule has 1 aliphatic rings. The van der Waals surface area contributed by atoms with Gasteiger partial charge < -0.3 is 5.32 Å². The van der Waals surface area contributed by atoms with E-state index in [0.717, 1.165) is 23.4 Å². The Morgan fingerprint density at radius 1 is 1.43 bits per heavy atom. The SMILES string of the molecule is Cc1[nH]nc(S(=O)(=O)NCc2cncs2)c1CNC1CC1. The normalized spacial score (nSPS) is 15.5. The number of aromatic nitrogens is 3. The van der Waals surface area contributed by atoms with Crippen LogP contribution < -0.4 is 10.0 Å². The lowest BCUT2D eigenvalue weighted by Gasteiger charge is -2.07. The van der Waals surface area contributed by atoms with Crippen LogP contribution in [0.1, 0.15) is 29.0 Å². The Hall–Kier alpha value is -1.29. The highest BCUT2D eigenvalue weighted by atomic mass is 32.2. The van der Waals surface area contributed by atoms with Crippen LogP contribution in [-0.4, -0.2) is 29.6 Å². The molecule has 1 aliphatic carbocycles. The fourth-order valence-corrected chi connectivity index (χ4v) is 3.78. The van der Waals surface area contributed by atoms with Gasteiger partial charge in [0.2, 0.25) is 0 Å². The second-order valence-corrected chi connectivity index (χ2v) is 7.73. The van der Waals surface area contributed by atoms with Crippen molar-refractivity contribution in [2.24, 2.45) is 0 Å².